The maximum absolute atomic E-state index is 6.34. The van der Waals surface area contributed by atoms with Gasteiger partial charge in [0.25, 0.3) is 0 Å². The highest BCUT2D eigenvalue weighted by Gasteiger charge is 2.33. The number of hydrogen-bond donors (Lipinski definition) is 0. The molecule has 0 bridgehead atoms. The van der Waals surface area contributed by atoms with E-state index in [2.05, 4.69) is 0 Å². The minimum atomic E-state index is -0.355. The van der Waals surface area contributed by atoms with Crippen LogP contribution in [0.25, 0.3) is 6.08 Å². The fraction of sp³-hybridized carbons (Fsp3) is 0.364. The standard InChI is InChI=1S/C22H26O6/c1-7-8-14-9-16(23-3)22-19(10-14)28-20(13(2)27-22)15-11-17(24-4)21(26-6)18(12-15)25-5/h7-13,20H,1-6H3/b8-7+. The van der Waals surface area contributed by atoms with Crippen LogP contribution in [0, 0.1) is 0 Å². The van der Waals surface area contributed by atoms with Gasteiger partial charge in [0, 0.05) is 5.56 Å². The van der Waals surface area contributed by atoms with E-state index >= 15 is 0 Å². The van der Waals surface area contributed by atoms with Crippen LogP contribution in [0.3, 0.4) is 0 Å². The third-order valence-corrected chi connectivity index (χ3v) is 4.62. The Morgan fingerprint density at radius 3 is 2.00 bits per heavy atom. The van der Waals surface area contributed by atoms with E-state index in [-0.39, 0.29) is 12.2 Å². The van der Waals surface area contributed by atoms with Crippen LogP contribution in [-0.2, 0) is 0 Å². The first-order chi connectivity index (χ1) is 13.6. The van der Waals surface area contributed by atoms with Crippen LogP contribution in [0.1, 0.15) is 31.1 Å². The number of allylic oxidation sites excluding steroid dienone is 1. The van der Waals surface area contributed by atoms with E-state index < -0.39 is 0 Å². The summed E-state index contributed by atoms with van der Waals surface area (Å²) < 4.78 is 34.4. The highest BCUT2D eigenvalue weighted by atomic mass is 16.6. The van der Waals surface area contributed by atoms with E-state index in [0.29, 0.717) is 34.5 Å². The molecule has 6 nitrogen and oxygen atoms in total. The van der Waals surface area contributed by atoms with Gasteiger partial charge in [0.15, 0.2) is 29.1 Å². The molecule has 0 radical (unpaired) electrons. The Labute approximate surface area is 165 Å². The maximum atomic E-state index is 6.34. The zero-order valence-electron chi connectivity index (χ0n) is 17.1. The molecule has 1 aliphatic rings. The molecule has 0 N–H and O–H groups in total. The van der Waals surface area contributed by atoms with Crippen molar-refractivity contribution in [2.45, 2.75) is 26.1 Å². The maximum Gasteiger partial charge on any atom is 0.204 e. The second kappa shape index (κ2) is 8.33. The summed E-state index contributed by atoms with van der Waals surface area (Å²) in [7, 11) is 6.38. The Bertz CT molecular complexity index is 849. The average molecular weight is 386 g/mol. The van der Waals surface area contributed by atoms with Crippen LogP contribution in [0.2, 0.25) is 0 Å². The fourth-order valence-electron chi connectivity index (χ4n) is 3.33. The summed E-state index contributed by atoms with van der Waals surface area (Å²) in [5.74, 6) is 3.55. The first kappa shape index (κ1) is 19.7. The van der Waals surface area contributed by atoms with Crippen LogP contribution in [-0.4, -0.2) is 34.5 Å². The largest absolute Gasteiger partial charge is 0.493 e. The van der Waals surface area contributed by atoms with Gasteiger partial charge in [-0.1, -0.05) is 12.2 Å². The summed E-state index contributed by atoms with van der Waals surface area (Å²) in [6, 6.07) is 7.62. The van der Waals surface area contributed by atoms with Crippen molar-refractivity contribution >= 4 is 6.08 Å². The van der Waals surface area contributed by atoms with Gasteiger partial charge in [-0.15, -0.1) is 0 Å². The summed E-state index contributed by atoms with van der Waals surface area (Å²) in [5, 5.41) is 0. The topological polar surface area (TPSA) is 55.4 Å². The molecule has 0 saturated heterocycles. The van der Waals surface area contributed by atoms with Gasteiger partial charge in [-0.2, -0.15) is 0 Å². The summed E-state index contributed by atoms with van der Waals surface area (Å²) in [6.07, 6.45) is 3.34. The molecule has 2 unspecified atom stereocenters. The molecule has 1 aliphatic heterocycles. The van der Waals surface area contributed by atoms with Crippen molar-refractivity contribution in [1.29, 1.82) is 0 Å². The molecule has 3 rings (SSSR count). The van der Waals surface area contributed by atoms with Crippen LogP contribution in [0.15, 0.2) is 30.3 Å². The summed E-state index contributed by atoms with van der Waals surface area (Å²) in [6.45, 7) is 3.92. The van der Waals surface area contributed by atoms with Crippen LogP contribution >= 0.6 is 0 Å². The Balaban J connectivity index is 2.06. The van der Waals surface area contributed by atoms with Crippen LogP contribution in [0.4, 0.5) is 0 Å². The fourth-order valence-corrected chi connectivity index (χ4v) is 3.33. The van der Waals surface area contributed by atoms with E-state index in [1.165, 1.54) is 0 Å². The van der Waals surface area contributed by atoms with E-state index in [9.17, 15) is 0 Å². The van der Waals surface area contributed by atoms with Gasteiger partial charge < -0.3 is 28.4 Å². The smallest absolute Gasteiger partial charge is 0.204 e. The Kier molecular flexibility index (Phi) is 5.87. The number of hydrogen-bond acceptors (Lipinski definition) is 6. The number of benzene rings is 2. The minimum Gasteiger partial charge on any atom is -0.493 e. The van der Waals surface area contributed by atoms with Crippen molar-refractivity contribution in [3.63, 3.8) is 0 Å². The second-order valence-corrected chi connectivity index (χ2v) is 6.37. The Hall–Kier alpha value is -3.02. The Morgan fingerprint density at radius 2 is 1.46 bits per heavy atom. The van der Waals surface area contributed by atoms with Crippen molar-refractivity contribution in [2.24, 2.45) is 0 Å². The molecule has 2 atom stereocenters. The van der Waals surface area contributed by atoms with E-state index in [4.69, 9.17) is 28.4 Å². The monoisotopic (exact) mass is 386 g/mol. The first-order valence-corrected chi connectivity index (χ1v) is 9.04. The van der Waals surface area contributed by atoms with Gasteiger partial charge in [-0.05, 0) is 43.7 Å². The number of methoxy groups -OCH3 is 4. The molecule has 0 spiro atoms. The predicted octanol–water partition coefficient (Wildman–Crippen LogP) is 4.66. The van der Waals surface area contributed by atoms with Gasteiger partial charge in [-0.3, -0.25) is 0 Å². The van der Waals surface area contributed by atoms with Gasteiger partial charge in [0.2, 0.25) is 11.5 Å². The molecule has 0 aromatic heterocycles. The van der Waals surface area contributed by atoms with Gasteiger partial charge in [0.1, 0.15) is 6.10 Å². The summed E-state index contributed by atoms with van der Waals surface area (Å²) in [5.41, 5.74) is 1.84. The SMILES string of the molecule is C/C=C/c1cc(OC)c2c(c1)OC(c1cc(OC)c(OC)c(OC)c1)C(C)O2. The lowest BCUT2D eigenvalue weighted by molar-refractivity contribution is 0.0279. The third kappa shape index (κ3) is 3.54. The van der Waals surface area contributed by atoms with Crippen LogP contribution in [0.5, 0.6) is 34.5 Å². The zero-order chi connectivity index (χ0) is 20.3. The molecule has 0 fully saturated rings. The lowest BCUT2D eigenvalue weighted by Gasteiger charge is -2.33. The van der Waals surface area contributed by atoms with Crippen molar-refractivity contribution in [3.8, 4) is 34.5 Å². The minimum absolute atomic E-state index is 0.253. The van der Waals surface area contributed by atoms with Crippen molar-refractivity contribution in [2.75, 3.05) is 28.4 Å². The van der Waals surface area contributed by atoms with Gasteiger partial charge in [-0.25, -0.2) is 0 Å². The zero-order valence-corrected chi connectivity index (χ0v) is 17.1. The van der Waals surface area contributed by atoms with Crippen molar-refractivity contribution in [3.05, 3.63) is 41.5 Å². The molecule has 6 heteroatoms. The van der Waals surface area contributed by atoms with Gasteiger partial charge in [0.05, 0.1) is 28.4 Å². The molecular formula is C22H26O6. The molecule has 2 aromatic rings. The van der Waals surface area contributed by atoms with Crippen molar-refractivity contribution < 1.29 is 28.4 Å². The first-order valence-electron chi connectivity index (χ1n) is 9.04. The third-order valence-electron chi connectivity index (χ3n) is 4.62. The molecule has 0 amide bonds. The molecule has 150 valence electrons. The lowest BCUT2D eigenvalue weighted by Crippen LogP contribution is -2.31. The highest BCUT2D eigenvalue weighted by Crippen LogP contribution is 2.48. The molecular weight excluding hydrogens is 360 g/mol. The summed E-state index contributed by atoms with van der Waals surface area (Å²) in [4.78, 5) is 0. The average Bonchev–Trinajstić information content (AvgIpc) is 2.72. The molecule has 2 aromatic carbocycles. The van der Waals surface area contributed by atoms with E-state index in [0.717, 1.165) is 11.1 Å². The lowest BCUT2D eigenvalue weighted by atomic mass is 10.0. The molecule has 0 aliphatic carbocycles. The van der Waals surface area contributed by atoms with Gasteiger partial charge >= 0.3 is 0 Å². The normalized spacial score (nSPS) is 18.1. The molecule has 1 heterocycles. The number of rotatable bonds is 6. The quantitative estimate of drug-likeness (QED) is 0.720. The van der Waals surface area contributed by atoms with Crippen molar-refractivity contribution in [1.82, 2.24) is 0 Å². The van der Waals surface area contributed by atoms with Crippen LogP contribution < -0.4 is 28.4 Å². The second-order valence-electron chi connectivity index (χ2n) is 6.37. The molecule has 0 saturated carbocycles. The van der Waals surface area contributed by atoms with E-state index in [1.807, 2.05) is 50.3 Å². The number of ether oxygens (including phenoxy) is 6. The molecule has 28 heavy (non-hydrogen) atoms. The van der Waals surface area contributed by atoms with E-state index in [1.54, 1.807) is 28.4 Å². The highest BCUT2D eigenvalue weighted by molar-refractivity contribution is 5.63. The summed E-state index contributed by atoms with van der Waals surface area (Å²) >= 11 is 0. The predicted molar refractivity (Wildman–Crippen MR) is 107 cm³/mol. The number of fused-ring (bicyclic) bond motifs is 1. The Morgan fingerprint density at radius 1 is 0.821 bits per heavy atom.